The normalized spacial score (nSPS) is 19.2. The number of hydrogen-bond donors (Lipinski definition) is 3. The number of amidine groups is 1. The van der Waals surface area contributed by atoms with E-state index in [-0.39, 0.29) is 11.5 Å². The van der Waals surface area contributed by atoms with Crippen LogP contribution in [-0.4, -0.2) is 17.6 Å². The third-order valence-corrected chi connectivity index (χ3v) is 4.01. The lowest BCUT2D eigenvalue weighted by atomic mass is 10.0. The van der Waals surface area contributed by atoms with Gasteiger partial charge in [0.15, 0.2) is 0 Å². The fourth-order valence-corrected chi connectivity index (χ4v) is 2.47. The van der Waals surface area contributed by atoms with Gasteiger partial charge in [0.25, 0.3) is 0 Å². The molecule has 0 heterocycles. The molecule has 0 aliphatic heterocycles. The first-order valence-electron chi connectivity index (χ1n) is 6.50. The molecular formula is C14H20ClN3O. The highest BCUT2D eigenvalue weighted by molar-refractivity contribution is 6.30. The number of rotatable bonds is 6. The van der Waals surface area contributed by atoms with E-state index in [0.717, 1.165) is 24.4 Å². The predicted octanol–water partition coefficient (Wildman–Crippen LogP) is 2.91. The molecule has 0 spiro atoms. The minimum absolute atomic E-state index is 0.170. The average Bonchev–Trinajstić information content (AvgIpc) is 3.16. The summed E-state index contributed by atoms with van der Waals surface area (Å²) >= 11 is 5.99. The highest BCUT2D eigenvalue weighted by atomic mass is 35.5. The molecule has 0 saturated heterocycles. The second-order valence-corrected chi connectivity index (χ2v) is 5.86. The highest BCUT2D eigenvalue weighted by Gasteiger charge is 2.43. The Bertz CT molecular complexity index is 472. The van der Waals surface area contributed by atoms with E-state index < -0.39 is 0 Å². The van der Waals surface area contributed by atoms with Crippen LogP contribution in [0.4, 0.5) is 0 Å². The Balaban J connectivity index is 1.89. The Morgan fingerprint density at radius 3 is 2.89 bits per heavy atom. The molecule has 5 heteroatoms. The van der Waals surface area contributed by atoms with E-state index in [1.165, 1.54) is 5.56 Å². The number of nitrogens with zero attached hydrogens (tertiary/aromatic N) is 1. The van der Waals surface area contributed by atoms with Crippen molar-refractivity contribution in [3.05, 3.63) is 34.9 Å². The standard InChI is InChI=1S/C14H20ClN3O/c1-10(11-3-2-4-12(15)7-11)17-9-14(5-6-14)8-13(16)18-19/h2-4,7,10,17,19H,5-6,8-9H2,1H3,(H2,16,18)/t10-/m1/s1. The van der Waals surface area contributed by atoms with Crippen LogP contribution in [0.1, 0.15) is 37.8 Å². The molecule has 1 aromatic rings. The zero-order valence-electron chi connectivity index (χ0n) is 11.1. The predicted molar refractivity (Wildman–Crippen MR) is 77.6 cm³/mol. The van der Waals surface area contributed by atoms with Gasteiger partial charge in [0, 0.05) is 24.0 Å². The van der Waals surface area contributed by atoms with Crippen LogP contribution in [0.2, 0.25) is 5.02 Å². The first-order chi connectivity index (χ1) is 9.04. The van der Waals surface area contributed by atoms with Gasteiger partial charge in [-0.2, -0.15) is 0 Å². The Morgan fingerprint density at radius 2 is 2.32 bits per heavy atom. The fraction of sp³-hybridized carbons (Fsp3) is 0.500. The average molecular weight is 282 g/mol. The van der Waals surface area contributed by atoms with Gasteiger partial charge in [0.1, 0.15) is 5.84 Å². The molecule has 0 bridgehead atoms. The Kier molecular flexibility index (Phi) is 4.32. The first kappa shape index (κ1) is 14.2. The van der Waals surface area contributed by atoms with Crippen LogP contribution in [0.15, 0.2) is 29.4 Å². The molecule has 1 aliphatic rings. The van der Waals surface area contributed by atoms with Crippen LogP contribution in [-0.2, 0) is 0 Å². The second kappa shape index (κ2) is 5.80. The van der Waals surface area contributed by atoms with E-state index >= 15 is 0 Å². The van der Waals surface area contributed by atoms with Crippen molar-refractivity contribution in [2.24, 2.45) is 16.3 Å². The van der Waals surface area contributed by atoms with Gasteiger partial charge in [-0.25, -0.2) is 0 Å². The van der Waals surface area contributed by atoms with E-state index in [2.05, 4.69) is 23.5 Å². The third-order valence-electron chi connectivity index (χ3n) is 3.77. The molecule has 1 aromatic carbocycles. The minimum Gasteiger partial charge on any atom is -0.409 e. The van der Waals surface area contributed by atoms with Gasteiger partial charge in [-0.15, -0.1) is 0 Å². The highest BCUT2D eigenvalue weighted by Crippen LogP contribution is 2.48. The lowest BCUT2D eigenvalue weighted by molar-refractivity contribution is 0.313. The summed E-state index contributed by atoms with van der Waals surface area (Å²) in [5.74, 6) is 0.315. The maximum absolute atomic E-state index is 8.64. The topological polar surface area (TPSA) is 70.6 Å². The summed E-state index contributed by atoms with van der Waals surface area (Å²) in [5, 5.41) is 16.0. The van der Waals surface area contributed by atoms with Gasteiger partial charge in [0.05, 0.1) is 0 Å². The van der Waals surface area contributed by atoms with Crippen molar-refractivity contribution in [3.63, 3.8) is 0 Å². The summed E-state index contributed by atoms with van der Waals surface area (Å²) in [7, 11) is 0. The molecule has 1 aliphatic carbocycles. The van der Waals surface area contributed by atoms with Crippen molar-refractivity contribution in [2.75, 3.05) is 6.54 Å². The van der Waals surface area contributed by atoms with Crippen molar-refractivity contribution in [3.8, 4) is 0 Å². The molecule has 1 saturated carbocycles. The van der Waals surface area contributed by atoms with E-state index in [9.17, 15) is 0 Å². The monoisotopic (exact) mass is 281 g/mol. The molecule has 2 rings (SSSR count). The number of hydrogen-bond acceptors (Lipinski definition) is 3. The summed E-state index contributed by atoms with van der Waals surface area (Å²) in [6, 6.07) is 8.11. The van der Waals surface area contributed by atoms with Crippen LogP contribution in [0.3, 0.4) is 0 Å². The molecule has 1 atom stereocenters. The molecule has 104 valence electrons. The molecule has 4 N–H and O–H groups in total. The van der Waals surface area contributed by atoms with Crippen LogP contribution < -0.4 is 11.1 Å². The van der Waals surface area contributed by atoms with Crippen molar-refractivity contribution >= 4 is 17.4 Å². The van der Waals surface area contributed by atoms with E-state index in [1.54, 1.807) is 0 Å². The van der Waals surface area contributed by atoms with Gasteiger partial charge < -0.3 is 16.3 Å². The quantitative estimate of drug-likeness (QED) is 0.325. The van der Waals surface area contributed by atoms with Crippen molar-refractivity contribution in [1.82, 2.24) is 5.32 Å². The van der Waals surface area contributed by atoms with Gasteiger partial charge >= 0.3 is 0 Å². The Hall–Kier alpha value is -1.26. The van der Waals surface area contributed by atoms with Gasteiger partial charge in [-0.1, -0.05) is 28.9 Å². The molecule has 4 nitrogen and oxygen atoms in total. The largest absolute Gasteiger partial charge is 0.409 e. The summed E-state index contributed by atoms with van der Waals surface area (Å²) in [6.07, 6.45) is 2.90. The first-order valence-corrected chi connectivity index (χ1v) is 6.88. The van der Waals surface area contributed by atoms with Crippen molar-refractivity contribution < 1.29 is 5.21 Å². The second-order valence-electron chi connectivity index (χ2n) is 5.43. The number of nitrogens with one attached hydrogen (secondary N) is 1. The Labute approximate surface area is 118 Å². The summed E-state index contributed by atoms with van der Waals surface area (Å²) in [6.45, 7) is 2.99. The van der Waals surface area contributed by atoms with Crippen LogP contribution in [0.25, 0.3) is 0 Å². The number of nitrogens with two attached hydrogens (primary N) is 1. The lowest BCUT2D eigenvalue weighted by Gasteiger charge is -2.20. The number of benzene rings is 1. The zero-order chi connectivity index (χ0) is 13.9. The zero-order valence-corrected chi connectivity index (χ0v) is 11.8. The van der Waals surface area contributed by atoms with Crippen LogP contribution >= 0.6 is 11.6 Å². The SMILES string of the molecule is C[C@@H](NCC1(C/C(N)=N/O)CC1)c1cccc(Cl)c1. The Morgan fingerprint density at radius 1 is 1.58 bits per heavy atom. The van der Waals surface area contributed by atoms with Gasteiger partial charge in [-0.05, 0) is 42.9 Å². The lowest BCUT2D eigenvalue weighted by Crippen LogP contribution is -2.30. The molecule has 19 heavy (non-hydrogen) atoms. The van der Waals surface area contributed by atoms with Crippen LogP contribution in [0.5, 0.6) is 0 Å². The number of halogens is 1. The maximum Gasteiger partial charge on any atom is 0.139 e. The molecular weight excluding hydrogens is 262 g/mol. The summed E-state index contributed by atoms with van der Waals surface area (Å²) in [4.78, 5) is 0. The van der Waals surface area contributed by atoms with Gasteiger partial charge in [0.2, 0.25) is 0 Å². The third kappa shape index (κ3) is 3.85. The van der Waals surface area contributed by atoms with Crippen LogP contribution in [0, 0.1) is 5.41 Å². The molecule has 0 radical (unpaired) electrons. The number of oxime groups is 1. The molecule has 1 fully saturated rings. The van der Waals surface area contributed by atoms with E-state index in [4.69, 9.17) is 22.5 Å². The van der Waals surface area contributed by atoms with Crippen molar-refractivity contribution in [2.45, 2.75) is 32.2 Å². The van der Waals surface area contributed by atoms with Gasteiger partial charge in [-0.3, -0.25) is 0 Å². The van der Waals surface area contributed by atoms with E-state index in [0.29, 0.717) is 12.3 Å². The summed E-state index contributed by atoms with van der Waals surface area (Å²) in [5.41, 5.74) is 6.93. The molecule has 0 amide bonds. The van der Waals surface area contributed by atoms with E-state index in [1.807, 2.05) is 18.2 Å². The molecule has 0 aromatic heterocycles. The van der Waals surface area contributed by atoms with Crippen molar-refractivity contribution in [1.29, 1.82) is 0 Å². The smallest absolute Gasteiger partial charge is 0.139 e. The minimum atomic E-state index is 0.170. The summed E-state index contributed by atoms with van der Waals surface area (Å²) < 4.78 is 0. The maximum atomic E-state index is 8.64. The fourth-order valence-electron chi connectivity index (χ4n) is 2.28. The molecule has 0 unspecified atom stereocenters.